The fourth-order valence-corrected chi connectivity index (χ4v) is 7.02. The molecule has 48 heavy (non-hydrogen) atoms. The Bertz CT molecular complexity index is 2360. The van der Waals surface area contributed by atoms with E-state index in [9.17, 15) is 0 Å². The zero-order valence-electron chi connectivity index (χ0n) is 27.9. The van der Waals surface area contributed by atoms with Gasteiger partial charge < -0.3 is 14.0 Å². The van der Waals surface area contributed by atoms with Crippen LogP contribution in [0.15, 0.2) is 114 Å². The number of aromatic nitrogens is 4. The van der Waals surface area contributed by atoms with Crippen molar-refractivity contribution in [2.45, 2.75) is 40.4 Å². The quantitative estimate of drug-likeness (QED) is 0.131. The van der Waals surface area contributed by atoms with Crippen molar-refractivity contribution in [1.82, 2.24) is 19.5 Å². The van der Waals surface area contributed by atoms with Crippen molar-refractivity contribution < 1.29 is 24.5 Å². The molecule has 4 aromatic heterocycles. The molecule has 4 aromatic carbocycles. The van der Waals surface area contributed by atoms with E-state index in [0.717, 1.165) is 72.6 Å². The van der Waals surface area contributed by atoms with Gasteiger partial charge in [-0.25, -0.2) is 0 Å². The summed E-state index contributed by atoms with van der Waals surface area (Å²) in [5.41, 5.74) is 10.8. The average Bonchev–Trinajstić information content (AvgIpc) is 3.66. The molecule has 0 atom stereocenters. The van der Waals surface area contributed by atoms with E-state index in [1.165, 1.54) is 10.8 Å². The summed E-state index contributed by atoms with van der Waals surface area (Å²) in [6.45, 7) is 13.2. The van der Waals surface area contributed by atoms with E-state index < -0.39 is 8.07 Å². The number of para-hydroxylation sites is 1. The molecule has 0 bridgehead atoms. The third-order valence-electron chi connectivity index (χ3n) is 8.50. The zero-order chi connectivity index (χ0) is 32.7. The number of aryl methyl sites for hydroxylation is 3. The molecule has 0 aliphatic rings. The van der Waals surface area contributed by atoms with Crippen LogP contribution in [0.4, 0.5) is 0 Å². The van der Waals surface area contributed by atoms with E-state index >= 15 is 0 Å². The maximum absolute atomic E-state index is 6.42. The molecule has 8 rings (SSSR count). The number of fused-ring (bicyclic) bond motifs is 4. The molecular formula is C41H36IrN4OSi-2. The second-order valence-electron chi connectivity index (χ2n) is 13.0. The second-order valence-corrected chi connectivity index (χ2v) is 18.1. The van der Waals surface area contributed by atoms with Gasteiger partial charge >= 0.3 is 0 Å². The largest absolute Gasteiger partial charge is 0.501 e. The third-order valence-corrected chi connectivity index (χ3v) is 10.5. The van der Waals surface area contributed by atoms with Gasteiger partial charge in [0.2, 0.25) is 0 Å². The van der Waals surface area contributed by atoms with Crippen molar-refractivity contribution in [3.63, 3.8) is 0 Å². The summed E-state index contributed by atoms with van der Waals surface area (Å²) in [6.07, 6.45) is 3.82. The minimum atomic E-state index is -1.23. The molecule has 4 heterocycles. The van der Waals surface area contributed by atoms with E-state index in [1.807, 2.05) is 73.9 Å². The first-order valence-electron chi connectivity index (χ1n) is 15.9. The van der Waals surface area contributed by atoms with Gasteiger partial charge in [0, 0.05) is 43.6 Å². The zero-order valence-corrected chi connectivity index (χ0v) is 31.3. The van der Waals surface area contributed by atoms with E-state index in [-0.39, 0.29) is 20.1 Å². The number of imidazole rings is 1. The normalized spacial score (nSPS) is 11.4. The van der Waals surface area contributed by atoms with Crippen molar-refractivity contribution in [2.24, 2.45) is 0 Å². The summed E-state index contributed by atoms with van der Waals surface area (Å²) >= 11 is 0. The standard InChI is InChI=1S/C27H20N3O.C14H16NSi.Ir/c1-16-9-11-20-23(15-16)31-26-21(12-10-17(2)24(20)26)27-29-22-13-14-28-18(3)25(22)30(27)19-7-5-4-6-8-19;1-16(2,3)13-9-10-14(15-11-13)12-7-5-4-6-8-12;/h4-11,13-15H,1-3H3;4-7,9-11H,1-3H3;/q2*-1;. The van der Waals surface area contributed by atoms with E-state index in [1.54, 1.807) is 0 Å². The molecule has 241 valence electrons. The van der Waals surface area contributed by atoms with Crippen LogP contribution in [-0.2, 0) is 20.1 Å². The molecule has 0 fully saturated rings. The average molecular weight is 821 g/mol. The van der Waals surface area contributed by atoms with Gasteiger partial charge in [0.25, 0.3) is 0 Å². The van der Waals surface area contributed by atoms with Gasteiger partial charge in [0.1, 0.15) is 5.58 Å². The van der Waals surface area contributed by atoms with Crippen molar-refractivity contribution in [1.29, 1.82) is 0 Å². The van der Waals surface area contributed by atoms with Crippen molar-refractivity contribution in [2.75, 3.05) is 0 Å². The van der Waals surface area contributed by atoms with Crippen LogP contribution in [0.2, 0.25) is 19.6 Å². The minimum absolute atomic E-state index is 0. The first kappa shape index (κ1) is 33.2. The number of nitrogens with zero attached hydrogens (tertiary/aromatic N) is 4. The Hall–Kier alpha value is -4.68. The summed E-state index contributed by atoms with van der Waals surface area (Å²) < 4.78 is 8.58. The maximum atomic E-state index is 6.42. The number of benzene rings is 4. The minimum Gasteiger partial charge on any atom is -0.501 e. The smallest absolute Gasteiger partial charge is 0.121 e. The van der Waals surface area contributed by atoms with Crippen LogP contribution in [0.5, 0.6) is 0 Å². The van der Waals surface area contributed by atoms with Crippen molar-refractivity contribution >= 4 is 46.2 Å². The van der Waals surface area contributed by atoms with Crippen LogP contribution in [0.3, 0.4) is 0 Å². The van der Waals surface area contributed by atoms with E-state index in [0.29, 0.717) is 0 Å². The molecule has 0 saturated carbocycles. The Morgan fingerprint density at radius 3 is 2.31 bits per heavy atom. The van der Waals surface area contributed by atoms with Crippen LogP contribution >= 0.6 is 0 Å². The molecule has 0 aliphatic heterocycles. The molecule has 0 aliphatic carbocycles. The summed E-state index contributed by atoms with van der Waals surface area (Å²) in [6, 6.07) is 39.5. The number of hydrogen-bond donors (Lipinski definition) is 0. The van der Waals surface area contributed by atoms with E-state index in [4.69, 9.17) is 9.40 Å². The maximum Gasteiger partial charge on any atom is 0.121 e. The van der Waals surface area contributed by atoms with Gasteiger partial charge in [0.15, 0.2) is 0 Å². The number of hydrogen-bond acceptors (Lipinski definition) is 4. The molecule has 0 unspecified atom stereocenters. The Labute approximate surface area is 296 Å². The Morgan fingerprint density at radius 1 is 0.812 bits per heavy atom. The van der Waals surface area contributed by atoms with Gasteiger partial charge in [-0.2, -0.15) is 0 Å². The second kappa shape index (κ2) is 13.4. The predicted octanol–water partition coefficient (Wildman–Crippen LogP) is 9.80. The topological polar surface area (TPSA) is 56.7 Å². The van der Waals surface area contributed by atoms with Gasteiger partial charge in [-0.15, -0.1) is 53.6 Å². The third kappa shape index (κ3) is 6.29. The molecule has 0 amide bonds. The first-order chi connectivity index (χ1) is 22.7. The molecule has 0 spiro atoms. The molecule has 7 heteroatoms. The SMILES string of the molecule is C[Si](C)(C)c1ccc(-c2[c-]cccc2)nc1.Cc1ccc2c(c1)oc1c(-c3nc4ccnc(C)c4n3-c3ccccc3)[c-]cc(C)c12.[Ir]. The van der Waals surface area contributed by atoms with Gasteiger partial charge in [-0.05, 0) is 54.6 Å². The molecule has 1 radical (unpaired) electrons. The van der Waals surface area contributed by atoms with Crippen LogP contribution in [0, 0.1) is 32.9 Å². The number of pyridine rings is 2. The van der Waals surface area contributed by atoms with E-state index in [2.05, 4.69) is 103 Å². The van der Waals surface area contributed by atoms with Crippen molar-refractivity contribution in [3.05, 3.63) is 138 Å². The summed E-state index contributed by atoms with van der Waals surface area (Å²) in [7, 11) is -1.23. The van der Waals surface area contributed by atoms with Crippen LogP contribution in [0.25, 0.3) is 61.3 Å². The predicted molar refractivity (Wildman–Crippen MR) is 196 cm³/mol. The van der Waals surface area contributed by atoms with Gasteiger partial charge in [0.05, 0.1) is 36.2 Å². The van der Waals surface area contributed by atoms with Gasteiger partial charge in [-0.1, -0.05) is 80.0 Å². The fourth-order valence-electron chi connectivity index (χ4n) is 5.98. The van der Waals surface area contributed by atoms with Gasteiger partial charge in [-0.3, -0.25) is 9.97 Å². The molecular weight excluding hydrogens is 785 g/mol. The Kier molecular flexibility index (Phi) is 9.30. The van der Waals surface area contributed by atoms with Crippen molar-refractivity contribution in [3.8, 4) is 28.3 Å². The first-order valence-corrected chi connectivity index (χ1v) is 19.4. The van der Waals surface area contributed by atoms with Crippen LogP contribution < -0.4 is 5.19 Å². The summed E-state index contributed by atoms with van der Waals surface area (Å²) in [4.78, 5) is 14.1. The summed E-state index contributed by atoms with van der Waals surface area (Å²) in [5, 5.41) is 3.63. The molecule has 5 nitrogen and oxygen atoms in total. The summed E-state index contributed by atoms with van der Waals surface area (Å²) in [5.74, 6) is 0.804. The van der Waals surface area contributed by atoms with Crippen LogP contribution in [0.1, 0.15) is 16.8 Å². The monoisotopic (exact) mass is 821 g/mol. The number of furan rings is 1. The number of rotatable bonds is 4. The molecule has 0 N–H and O–H groups in total. The fraction of sp³-hybridized carbons (Fsp3) is 0.146. The van der Waals surface area contributed by atoms with Crippen LogP contribution in [-0.4, -0.2) is 27.6 Å². The molecule has 0 saturated heterocycles. The molecule has 8 aromatic rings. The Morgan fingerprint density at radius 2 is 1.60 bits per heavy atom. The Balaban J connectivity index is 0.000000201.